The highest BCUT2D eigenvalue weighted by molar-refractivity contribution is 5.85. The molecule has 1 aliphatic rings. The highest BCUT2D eigenvalue weighted by Crippen LogP contribution is 2.40. The molecule has 1 aromatic rings. The van der Waals surface area contributed by atoms with Gasteiger partial charge in [0.15, 0.2) is 0 Å². The summed E-state index contributed by atoms with van der Waals surface area (Å²) in [5.74, 6) is -0.178. The van der Waals surface area contributed by atoms with Gasteiger partial charge < -0.3 is 16.6 Å². The monoisotopic (exact) mass is 246 g/mol. The van der Waals surface area contributed by atoms with Crippen LogP contribution in [0.3, 0.4) is 0 Å². The number of nitrogens with two attached hydrogens (primary N) is 2. The molecule has 1 aliphatic carbocycles. The molecule has 1 atom stereocenters. The van der Waals surface area contributed by atoms with Crippen molar-refractivity contribution in [3.63, 3.8) is 0 Å². The van der Waals surface area contributed by atoms with E-state index in [1.807, 2.05) is 0 Å². The lowest BCUT2D eigenvalue weighted by molar-refractivity contribution is 0.260. The van der Waals surface area contributed by atoms with Gasteiger partial charge in [-0.15, -0.1) is 12.4 Å². The molecule has 5 N–H and O–H groups in total. The number of hydrogen-bond acceptors (Lipinski definition) is 3. The van der Waals surface area contributed by atoms with Gasteiger partial charge in [-0.05, 0) is 24.8 Å². The van der Waals surface area contributed by atoms with Gasteiger partial charge in [-0.2, -0.15) is 0 Å². The number of aromatic hydroxyl groups is 1. The minimum atomic E-state index is -0.449. The van der Waals surface area contributed by atoms with Crippen LogP contribution in [-0.4, -0.2) is 5.11 Å². The Morgan fingerprint density at radius 3 is 2.50 bits per heavy atom. The molecule has 0 radical (unpaired) electrons. The second kappa shape index (κ2) is 4.89. The summed E-state index contributed by atoms with van der Waals surface area (Å²) in [5, 5.41) is 9.69. The predicted molar refractivity (Wildman–Crippen MR) is 64.0 cm³/mol. The summed E-state index contributed by atoms with van der Waals surface area (Å²) >= 11 is 0. The van der Waals surface area contributed by atoms with E-state index in [0.29, 0.717) is 11.5 Å². The Bertz CT molecular complexity index is 382. The molecule has 0 aromatic heterocycles. The molecule has 0 heterocycles. The van der Waals surface area contributed by atoms with Gasteiger partial charge in [0.2, 0.25) is 0 Å². The fraction of sp³-hybridized carbons (Fsp3) is 0.455. The van der Waals surface area contributed by atoms with Gasteiger partial charge in [0, 0.05) is 17.7 Å². The van der Waals surface area contributed by atoms with Crippen LogP contribution in [0, 0.1) is 11.7 Å². The number of halogens is 2. The maximum Gasteiger partial charge on any atom is 0.143 e. The predicted octanol–water partition coefficient (Wildman–Crippen LogP) is 2.34. The van der Waals surface area contributed by atoms with E-state index in [-0.39, 0.29) is 29.9 Å². The van der Waals surface area contributed by atoms with Gasteiger partial charge in [-0.3, -0.25) is 0 Å². The second-order valence-corrected chi connectivity index (χ2v) is 4.15. The normalized spacial score (nSPS) is 17.4. The van der Waals surface area contributed by atoms with Crippen LogP contribution < -0.4 is 11.5 Å². The summed E-state index contributed by atoms with van der Waals surface area (Å²) in [6.07, 6.45) is 3.23. The molecule has 90 valence electrons. The van der Waals surface area contributed by atoms with Gasteiger partial charge in [0.1, 0.15) is 11.6 Å². The fourth-order valence-electron chi connectivity index (χ4n) is 1.95. The summed E-state index contributed by atoms with van der Waals surface area (Å²) in [6.45, 7) is 0. The molecule has 0 amide bonds. The van der Waals surface area contributed by atoms with E-state index in [2.05, 4.69) is 0 Å². The van der Waals surface area contributed by atoms with Crippen LogP contribution in [0.1, 0.15) is 30.9 Å². The molecule has 1 aromatic carbocycles. The third kappa shape index (κ3) is 2.23. The third-order valence-corrected chi connectivity index (χ3v) is 3.15. The van der Waals surface area contributed by atoms with E-state index in [9.17, 15) is 9.50 Å². The average Bonchev–Trinajstić information content (AvgIpc) is 2.08. The van der Waals surface area contributed by atoms with Crippen molar-refractivity contribution in [3.05, 3.63) is 23.5 Å². The van der Waals surface area contributed by atoms with Crippen molar-refractivity contribution < 1.29 is 9.50 Å². The highest BCUT2D eigenvalue weighted by atomic mass is 35.5. The quantitative estimate of drug-likeness (QED) is 0.554. The minimum absolute atomic E-state index is 0. The van der Waals surface area contributed by atoms with E-state index < -0.39 is 5.82 Å². The fourth-order valence-corrected chi connectivity index (χ4v) is 1.95. The lowest BCUT2D eigenvalue weighted by Crippen LogP contribution is -2.27. The zero-order valence-corrected chi connectivity index (χ0v) is 9.64. The van der Waals surface area contributed by atoms with Crippen LogP contribution in [0.25, 0.3) is 0 Å². The second-order valence-electron chi connectivity index (χ2n) is 4.15. The first-order chi connectivity index (χ1) is 7.09. The van der Waals surface area contributed by atoms with Crippen LogP contribution in [0.4, 0.5) is 10.1 Å². The molecule has 0 spiro atoms. The van der Waals surface area contributed by atoms with E-state index in [1.165, 1.54) is 6.07 Å². The Morgan fingerprint density at radius 1 is 1.38 bits per heavy atom. The molecule has 0 bridgehead atoms. The number of hydrogen-bond donors (Lipinski definition) is 3. The number of nitrogen functional groups attached to an aromatic ring is 1. The third-order valence-electron chi connectivity index (χ3n) is 3.15. The van der Waals surface area contributed by atoms with Crippen LogP contribution in [-0.2, 0) is 0 Å². The number of anilines is 1. The van der Waals surface area contributed by atoms with E-state index in [0.717, 1.165) is 25.3 Å². The standard InChI is InChI=1S/C11H15FN2O.ClH/c12-7-4-8(11(15)9(13)5-7)10(14)6-2-1-3-6;/h4-6,10,15H,1-3,13-14H2;1H/t10-;/m0./s1. The Hall–Kier alpha value is -1.00. The largest absolute Gasteiger partial charge is 0.505 e. The van der Waals surface area contributed by atoms with E-state index in [4.69, 9.17) is 11.5 Å². The molecule has 16 heavy (non-hydrogen) atoms. The molecule has 0 saturated heterocycles. The smallest absolute Gasteiger partial charge is 0.143 e. The Labute approximate surface area is 100 Å². The van der Waals surface area contributed by atoms with Crippen LogP contribution in [0.15, 0.2) is 12.1 Å². The van der Waals surface area contributed by atoms with Gasteiger partial charge in [0.25, 0.3) is 0 Å². The number of rotatable bonds is 2. The highest BCUT2D eigenvalue weighted by Gasteiger charge is 2.28. The van der Waals surface area contributed by atoms with Crippen molar-refractivity contribution in [3.8, 4) is 5.75 Å². The average molecular weight is 247 g/mol. The first-order valence-electron chi connectivity index (χ1n) is 5.13. The molecular formula is C11H16ClFN2O. The summed E-state index contributed by atoms with van der Waals surface area (Å²) in [6, 6.07) is 2.07. The summed E-state index contributed by atoms with van der Waals surface area (Å²) < 4.78 is 13.1. The van der Waals surface area contributed by atoms with Gasteiger partial charge >= 0.3 is 0 Å². The molecule has 0 unspecified atom stereocenters. The van der Waals surface area contributed by atoms with Crippen LogP contribution in [0.5, 0.6) is 5.75 Å². The first kappa shape index (κ1) is 13.1. The van der Waals surface area contributed by atoms with Crippen LogP contribution in [0.2, 0.25) is 0 Å². The minimum Gasteiger partial charge on any atom is -0.505 e. The van der Waals surface area contributed by atoms with Crippen molar-refractivity contribution in [1.29, 1.82) is 0 Å². The van der Waals surface area contributed by atoms with Crippen molar-refractivity contribution in [2.24, 2.45) is 11.7 Å². The molecular weight excluding hydrogens is 231 g/mol. The maximum atomic E-state index is 13.1. The van der Waals surface area contributed by atoms with Crippen molar-refractivity contribution in [1.82, 2.24) is 0 Å². The van der Waals surface area contributed by atoms with Gasteiger partial charge in [0.05, 0.1) is 5.69 Å². The zero-order valence-electron chi connectivity index (χ0n) is 8.82. The SMILES string of the molecule is Cl.Nc1cc(F)cc([C@@H](N)C2CCC2)c1O. The van der Waals surface area contributed by atoms with Gasteiger partial charge in [-0.25, -0.2) is 4.39 Å². The summed E-state index contributed by atoms with van der Waals surface area (Å²) in [7, 11) is 0. The molecule has 1 fully saturated rings. The van der Waals surface area contributed by atoms with Crippen molar-refractivity contribution >= 4 is 18.1 Å². The molecule has 5 heteroatoms. The van der Waals surface area contributed by atoms with E-state index >= 15 is 0 Å². The van der Waals surface area contributed by atoms with E-state index in [1.54, 1.807) is 0 Å². The zero-order chi connectivity index (χ0) is 11.0. The van der Waals surface area contributed by atoms with Crippen molar-refractivity contribution in [2.45, 2.75) is 25.3 Å². The van der Waals surface area contributed by atoms with Gasteiger partial charge in [-0.1, -0.05) is 6.42 Å². The van der Waals surface area contributed by atoms with Crippen molar-refractivity contribution in [2.75, 3.05) is 5.73 Å². The molecule has 3 nitrogen and oxygen atoms in total. The Kier molecular flexibility index (Phi) is 3.99. The lowest BCUT2D eigenvalue weighted by Gasteiger charge is -2.31. The first-order valence-corrected chi connectivity index (χ1v) is 5.13. The number of benzene rings is 1. The summed E-state index contributed by atoms with van der Waals surface area (Å²) in [4.78, 5) is 0. The summed E-state index contributed by atoms with van der Waals surface area (Å²) in [5.41, 5.74) is 11.9. The molecule has 1 saturated carbocycles. The maximum absolute atomic E-state index is 13.1. The topological polar surface area (TPSA) is 72.3 Å². The Balaban J connectivity index is 0.00000128. The molecule has 2 rings (SSSR count). The van der Waals surface area contributed by atoms with Crippen LogP contribution >= 0.6 is 12.4 Å². The Morgan fingerprint density at radius 2 is 2.00 bits per heavy atom. The lowest BCUT2D eigenvalue weighted by atomic mass is 9.77. The number of phenols is 1. The molecule has 0 aliphatic heterocycles. The number of phenolic OH excluding ortho intramolecular Hbond substituents is 1.